The number of carbonyl (C=O) groups is 2. The van der Waals surface area contributed by atoms with Gasteiger partial charge in [0.1, 0.15) is 11.6 Å². The molecule has 0 aliphatic carbocycles. The van der Waals surface area contributed by atoms with E-state index in [1.807, 2.05) is 13.8 Å². The van der Waals surface area contributed by atoms with Gasteiger partial charge >= 0.3 is 5.97 Å². The van der Waals surface area contributed by atoms with Gasteiger partial charge in [-0.05, 0) is 74.7 Å². The highest BCUT2D eigenvalue weighted by atomic mass is 35.5. The van der Waals surface area contributed by atoms with Crippen LogP contribution in [0.1, 0.15) is 64.1 Å². The van der Waals surface area contributed by atoms with Crippen LogP contribution >= 0.6 is 11.6 Å². The van der Waals surface area contributed by atoms with E-state index in [1.165, 1.54) is 37.4 Å². The van der Waals surface area contributed by atoms with Crippen LogP contribution in [0.5, 0.6) is 5.75 Å². The van der Waals surface area contributed by atoms with Crippen molar-refractivity contribution in [3.8, 4) is 17.0 Å². The predicted molar refractivity (Wildman–Crippen MR) is 190 cm³/mol. The van der Waals surface area contributed by atoms with E-state index in [0.29, 0.717) is 39.7 Å². The van der Waals surface area contributed by atoms with Crippen molar-refractivity contribution in [2.45, 2.75) is 70.7 Å². The van der Waals surface area contributed by atoms with Gasteiger partial charge in [-0.1, -0.05) is 37.6 Å². The molecule has 0 bridgehead atoms. The number of hydrogen-bond acceptors (Lipinski definition) is 10. The van der Waals surface area contributed by atoms with Crippen LogP contribution in [-0.4, -0.2) is 84.7 Å². The molecular formula is C35H44ClFN4O8S. The fraction of sp³-hybridized carbons (Fsp3) is 0.429. The average Bonchev–Trinajstić information content (AvgIpc) is 3.03. The molecule has 3 rings (SSSR count). The van der Waals surface area contributed by atoms with Crippen LogP contribution < -0.4 is 14.4 Å². The van der Waals surface area contributed by atoms with Crippen LogP contribution in [0.4, 0.5) is 10.3 Å². The lowest BCUT2D eigenvalue weighted by atomic mass is 9.97. The van der Waals surface area contributed by atoms with Crippen molar-refractivity contribution < 1.29 is 42.1 Å². The third-order valence-corrected chi connectivity index (χ3v) is 8.82. The number of halogens is 2. The van der Waals surface area contributed by atoms with Crippen molar-refractivity contribution in [3.05, 3.63) is 76.7 Å². The molecule has 1 amide bonds. The largest absolute Gasteiger partial charge is 0.478 e. The van der Waals surface area contributed by atoms with Gasteiger partial charge in [0, 0.05) is 36.2 Å². The lowest BCUT2D eigenvalue weighted by molar-refractivity contribution is -0.146. The molecule has 3 N–H and O–H groups in total. The first kappa shape index (κ1) is 40.3. The SMILES string of the molecule is CC(C)c1nc(N(C)S(C)(=O)=O)nc(-c2ccc(F)cc2)c1/C=C/C(O)CC(O)CC(=O)OCCCNC(=O)C(C)(C)Oc1ccc(Cl)cc1. The summed E-state index contributed by atoms with van der Waals surface area (Å²) in [4.78, 5) is 33.9. The first-order valence-corrected chi connectivity index (χ1v) is 18.1. The minimum Gasteiger partial charge on any atom is -0.478 e. The van der Waals surface area contributed by atoms with Crippen molar-refractivity contribution in [1.29, 1.82) is 0 Å². The summed E-state index contributed by atoms with van der Waals surface area (Å²) in [6.07, 6.45) is 1.34. The zero-order chi connectivity index (χ0) is 37.2. The van der Waals surface area contributed by atoms with Crippen molar-refractivity contribution >= 4 is 45.5 Å². The number of aliphatic hydroxyl groups excluding tert-OH is 2. The van der Waals surface area contributed by atoms with E-state index in [1.54, 1.807) is 44.2 Å². The maximum Gasteiger partial charge on any atom is 0.308 e. The lowest BCUT2D eigenvalue weighted by Crippen LogP contribution is -2.46. The summed E-state index contributed by atoms with van der Waals surface area (Å²) in [5.74, 6) is -1.29. The Labute approximate surface area is 297 Å². The molecule has 15 heteroatoms. The number of hydrogen-bond donors (Lipinski definition) is 3. The van der Waals surface area contributed by atoms with Gasteiger partial charge in [0.15, 0.2) is 5.60 Å². The van der Waals surface area contributed by atoms with Gasteiger partial charge in [0.25, 0.3) is 5.91 Å². The fourth-order valence-corrected chi connectivity index (χ4v) is 5.12. The quantitative estimate of drug-likeness (QED) is 0.128. The van der Waals surface area contributed by atoms with Gasteiger partial charge in [-0.15, -0.1) is 0 Å². The summed E-state index contributed by atoms with van der Waals surface area (Å²) in [6, 6.07) is 12.1. The smallest absolute Gasteiger partial charge is 0.308 e. The molecule has 0 saturated carbocycles. The summed E-state index contributed by atoms with van der Waals surface area (Å²) < 4.78 is 50.1. The van der Waals surface area contributed by atoms with E-state index in [0.717, 1.165) is 10.6 Å². The molecule has 1 aromatic heterocycles. The van der Waals surface area contributed by atoms with Gasteiger partial charge in [-0.2, -0.15) is 0 Å². The Bertz CT molecular complexity index is 1750. The van der Waals surface area contributed by atoms with E-state index in [2.05, 4.69) is 15.3 Å². The standard InChI is InChI=1S/C35H44ClFN4O8S/c1-22(2)31-29(32(23-8-12-25(37)13-9-23)40-34(39-31)41(5)50(6,46)47)17-14-26(42)20-27(43)21-30(44)48-19-7-18-38-33(45)35(3,4)49-28-15-10-24(36)11-16-28/h8-17,22,26-27,42-43H,7,18-21H2,1-6H3,(H,38,45)/b17-14+. The zero-order valence-electron chi connectivity index (χ0n) is 28.9. The number of rotatable bonds is 17. The van der Waals surface area contributed by atoms with E-state index < -0.39 is 39.6 Å². The number of nitrogens with one attached hydrogen (secondary N) is 1. The van der Waals surface area contributed by atoms with E-state index in [4.69, 9.17) is 21.1 Å². The highest BCUT2D eigenvalue weighted by Crippen LogP contribution is 2.32. The Morgan fingerprint density at radius 1 is 1.08 bits per heavy atom. The number of amides is 1. The number of aliphatic hydroxyl groups is 2. The Hall–Kier alpha value is -4.11. The number of esters is 1. The molecule has 2 unspecified atom stereocenters. The van der Waals surface area contributed by atoms with Crippen LogP contribution in [0.3, 0.4) is 0 Å². The number of ether oxygens (including phenoxy) is 2. The molecule has 272 valence electrons. The number of anilines is 1. The van der Waals surface area contributed by atoms with Gasteiger partial charge in [-0.3, -0.25) is 9.59 Å². The first-order chi connectivity index (χ1) is 23.4. The Morgan fingerprint density at radius 3 is 2.32 bits per heavy atom. The minimum atomic E-state index is -3.69. The van der Waals surface area contributed by atoms with Crippen LogP contribution in [-0.2, 0) is 24.3 Å². The molecule has 0 fully saturated rings. The Morgan fingerprint density at radius 2 is 1.72 bits per heavy atom. The molecule has 0 saturated heterocycles. The summed E-state index contributed by atoms with van der Waals surface area (Å²) in [5, 5.41) is 24.5. The lowest BCUT2D eigenvalue weighted by Gasteiger charge is -2.25. The molecule has 0 radical (unpaired) electrons. The molecule has 2 atom stereocenters. The van der Waals surface area contributed by atoms with Gasteiger partial charge in [-0.25, -0.2) is 27.1 Å². The molecule has 12 nitrogen and oxygen atoms in total. The van der Waals surface area contributed by atoms with Gasteiger partial charge in [0.2, 0.25) is 16.0 Å². The van der Waals surface area contributed by atoms with Crippen molar-refractivity contribution in [1.82, 2.24) is 15.3 Å². The number of aromatic nitrogens is 2. The van der Waals surface area contributed by atoms with Crippen LogP contribution in [0.15, 0.2) is 54.6 Å². The van der Waals surface area contributed by atoms with E-state index >= 15 is 0 Å². The second-order valence-electron chi connectivity index (χ2n) is 12.5. The van der Waals surface area contributed by atoms with Crippen LogP contribution in [0.2, 0.25) is 5.02 Å². The predicted octanol–water partition coefficient (Wildman–Crippen LogP) is 4.88. The third-order valence-electron chi connectivity index (χ3n) is 7.41. The van der Waals surface area contributed by atoms with Gasteiger partial charge in [0.05, 0.1) is 42.9 Å². The molecule has 1 heterocycles. The fourth-order valence-electron chi connectivity index (χ4n) is 4.61. The second kappa shape index (κ2) is 17.7. The number of nitrogens with zero attached hydrogens (tertiary/aromatic N) is 3. The third kappa shape index (κ3) is 12.0. The van der Waals surface area contributed by atoms with Crippen molar-refractivity contribution in [3.63, 3.8) is 0 Å². The topological polar surface area (TPSA) is 168 Å². The van der Waals surface area contributed by atoms with E-state index in [-0.39, 0.29) is 43.8 Å². The monoisotopic (exact) mass is 734 g/mol. The van der Waals surface area contributed by atoms with Crippen LogP contribution in [0, 0.1) is 5.82 Å². The summed E-state index contributed by atoms with van der Waals surface area (Å²) >= 11 is 5.89. The summed E-state index contributed by atoms with van der Waals surface area (Å²) in [5.41, 5.74) is 0.596. The van der Waals surface area contributed by atoms with Crippen molar-refractivity contribution in [2.24, 2.45) is 0 Å². The zero-order valence-corrected chi connectivity index (χ0v) is 30.5. The molecule has 50 heavy (non-hydrogen) atoms. The minimum absolute atomic E-state index is 0.00141. The second-order valence-corrected chi connectivity index (χ2v) is 14.9. The van der Waals surface area contributed by atoms with Crippen LogP contribution in [0.25, 0.3) is 17.3 Å². The highest BCUT2D eigenvalue weighted by Gasteiger charge is 2.29. The highest BCUT2D eigenvalue weighted by molar-refractivity contribution is 7.92. The number of benzene rings is 2. The Kier molecular flexibility index (Phi) is 14.3. The number of sulfonamides is 1. The first-order valence-electron chi connectivity index (χ1n) is 15.9. The molecular weight excluding hydrogens is 691 g/mol. The van der Waals surface area contributed by atoms with Gasteiger partial charge < -0.3 is 25.0 Å². The molecule has 3 aromatic rings. The summed E-state index contributed by atoms with van der Waals surface area (Å²) in [7, 11) is -2.37. The normalized spacial score (nSPS) is 13.3. The molecule has 0 aliphatic rings. The molecule has 0 spiro atoms. The number of carbonyl (C=O) groups excluding carboxylic acids is 2. The average molecular weight is 735 g/mol. The summed E-state index contributed by atoms with van der Waals surface area (Å²) in [6.45, 7) is 7.19. The maximum absolute atomic E-state index is 13.7. The van der Waals surface area contributed by atoms with E-state index in [9.17, 15) is 32.6 Å². The van der Waals surface area contributed by atoms with Crippen molar-refractivity contribution in [2.75, 3.05) is 30.8 Å². The Balaban J connectivity index is 1.57. The maximum atomic E-state index is 13.7. The molecule has 2 aromatic carbocycles. The molecule has 0 aliphatic heterocycles.